The lowest BCUT2D eigenvalue weighted by Crippen LogP contribution is -2.21. The maximum atomic E-state index is 12.5. The van der Waals surface area contributed by atoms with Gasteiger partial charge in [0.15, 0.2) is 5.69 Å². The van der Waals surface area contributed by atoms with Crippen molar-refractivity contribution >= 4 is 29.1 Å². The Hall–Kier alpha value is -3.32. The van der Waals surface area contributed by atoms with Crippen molar-refractivity contribution in [1.82, 2.24) is 15.1 Å². The summed E-state index contributed by atoms with van der Waals surface area (Å²) in [7, 11) is 3.19. The van der Waals surface area contributed by atoms with Crippen LogP contribution in [-0.4, -0.2) is 28.6 Å². The number of benzene rings is 2. The van der Waals surface area contributed by atoms with Gasteiger partial charge in [-0.15, -0.1) is 0 Å². The maximum absolute atomic E-state index is 12.5. The normalized spacial score (nSPS) is 10.5. The number of hydrogen-bond acceptors (Lipinski definition) is 4. The van der Waals surface area contributed by atoms with E-state index in [1.165, 1.54) is 11.7 Å². The molecule has 0 saturated carbocycles. The SMILES string of the molecule is CNC(=O)c1nn(C)cc1NC(=O)c1ccc(COc2ccc(Cl)c(C)c2)cc1. The minimum atomic E-state index is -0.370. The first-order chi connectivity index (χ1) is 13.9. The number of rotatable bonds is 6. The minimum Gasteiger partial charge on any atom is -0.489 e. The minimum absolute atomic E-state index is 0.159. The van der Waals surface area contributed by atoms with Gasteiger partial charge in [-0.05, 0) is 48.4 Å². The molecule has 3 aromatic rings. The predicted molar refractivity (Wildman–Crippen MR) is 112 cm³/mol. The number of amides is 2. The van der Waals surface area contributed by atoms with Crippen LogP contribution in [0, 0.1) is 6.92 Å². The largest absolute Gasteiger partial charge is 0.489 e. The third-order valence-electron chi connectivity index (χ3n) is 4.27. The molecule has 150 valence electrons. The number of carbonyl (C=O) groups is 2. The average Bonchev–Trinajstić information content (AvgIpc) is 3.08. The Morgan fingerprint density at radius 1 is 1.14 bits per heavy atom. The van der Waals surface area contributed by atoms with Gasteiger partial charge in [-0.2, -0.15) is 5.10 Å². The number of hydrogen-bond donors (Lipinski definition) is 2. The molecule has 1 aromatic heterocycles. The van der Waals surface area contributed by atoms with E-state index < -0.39 is 0 Å². The smallest absolute Gasteiger partial charge is 0.273 e. The lowest BCUT2D eigenvalue weighted by molar-refractivity contribution is 0.0958. The standard InChI is InChI=1S/C21H21ClN4O3/c1-13-10-16(8-9-17(13)22)29-12-14-4-6-15(7-5-14)20(27)24-18-11-26(3)25-19(18)21(28)23-2/h4-11H,12H2,1-3H3,(H,23,28)(H,24,27). The summed E-state index contributed by atoms with van der Waals surface area (Å²) in [5.41, 5.74) is 2.83. The number of aryl methyl sites for hydroxylation is 2. The summed E-state index contributed by atoms with van der Waals surface area (Å²) in [5, 5.41) is 9.99. The number of halogens is 1. The highest BCUT2D eigenvalue weighted by molar-refractivity contribution is 6.31. The van der Waals surface area contributed by atoms with Crippen molar-refractivity contribution in [2.45, 2.75) is 13.5 Å². The third-order valence-corrected chi connectivity index (χ3v) is 4.69. The molecule has 0 spiro atoms. The Kier molecular flexibility index (Phi) is 6.19. The van der Waals surface area contributed by atoms with E-state index in [1.54, 1.807) is 31.4 Å². The van der Waals surface area contributed by atoms with E-state index in [9.17, 15) is 9.59 Å². The molecule has 0 fully saturated rings. The molecule has 2 aromatic carbocycles. The second kappa shape index (κ2) is 8.79. The second-order valence-corrected chi connectivity index (χ2v) is 6.90. The molecular weight excluding hydrogens is 392 g/mol. The summed E-state index contributed by atoms with van der Waals surface area (Å²) in [6.45, 7) is 2.28. The Morgan fingerprint density at radius 3 is 2.52 bits per heavy atom. The highest BCUT2D eigenvalue weighted by atomic mass is 35.5. The molecule has 0 aliphatic heterocycles. The van der Waals surface area contributed by atoms with Crippen molar-refractivity contribution in [3.8, 4) is 5.75 Å². The van der Waals surface area contributed by atoms with Gasteiger partial charge in [0, 0.05) is 30.9 Å². The van der Waals surface area contributed by atoms with Crippen LogP contribution in [0.5, 0.6) is 5.75 Å². The van der Waals surface area contributed by atoms with E-state index in [1.807, 2.05) is 31.2 Å². The first kappa shape index (κ1) is 20.4. The van der Waals surface area contributed by atoms with Gasteiger partial charge in [-0.3, -0.25) is 14.3 Å². The fraction of sp³-hybridized carbons (Fsp3) is 0.190. The van der Waals surface area contributed by atoms with Crippen LogP contribution in [0.2, 0.25) is 5.02 Å². The second-order valence-electron chi connectivity index (χ2n) is 6.49. The van der Waals surface area contributed by atoms with Gasteiger partial charge in [0.05, 0.1) is 5.69 Å². The zero-order valence-corrected chi connectivity index (χ0v) is 17.1. The molecule has 0 atom stereocenters. The molecule has 8 heteroatoms. The van der Waals surface area contributed by atoms with E-state index >= 15 is 0 Å². The van der Waals surface area contributed by atoms with Gasteiger partial charge < -0.3 is 15.4 Å². The zero-order valence-electron chi connectivity index (χ0n) is 16.3. The van der Waals surface area contributed by atoms with Crippen LogP contribution in [0.15, 0.2) is 48.7 Å². The van der Waals surface area contributed by atoms with Crippen molar-refractivity contribution < 1.29 is 14.3 Å². The molecular formula is C21H21ClN4O3. The molecule has 0 radical (unpaired) electrons. The molecule has 0 aliphatic rings. The predicted octanol–water partition coefficient (Wildman–Crippen LogP) is 3.57. The fourth-order valence-corrected chi connectivity index (χ4v) is 2.80. The molecule has 29 heavy (non-hydrogen) atoms. The fourth-order valence-electron chi connectivity index (χ4n) is 2.69. The molecule has 3 rings (SSSR count). The quantitative estimate of drug-likeness (QED) is 0.648. The van der Waals surface area contributed by atoms with Gasteiger partial charge in [0.1, 0.15) is 12.4 Å². The third kappa shape index (κ3) is 4.94. The number of anilines is 1. The van der Waals surface area contributed by atoms with Crippen LogP contribution in [0.1, 0.15) is 32.0 Å². The van der Waals surface area contributed by atoms with Gasteiger partial charge in [0.2, 0.25) is 0 Å². The molecule has 0 bridgehead atoms. The van der Waals surface area contributed by atoms with Crippen LogP contribution < -0.4 is 15.4 Å². The number of nitrogens with zero attached hydrogens (tertiary/aromatic N) is 2. The lowest BCUT2D eigenvalue weighted by atomic mass is 10.1. The highest BCUT2D eigenvalue weighted by Gasteiger charge is 2.17. The van der Waals surface area contributed by atoms with Crippen LogP contribution in [0.25, 0.3) is 0 Å². The summed E-state index contributed by atoms with van der Waals surface area (Å²) in [4.78, 5) is 24.4. The molecule has 0 unspecified atom stereocenters. The summed E-state index contributed by atoms with van der Waals surface area (Å²) >= 11 is 6.02. The first-order valence-electron chi connectivity index (χ1n) is 8.92. The molecule has 7 nitrogen and oxygen atoms in total. The van der Waals surface area contributed by atoms with Crippen LogP contribution in [0.3, 0.4) is 0 Å². The summed E-state index contributed by atoms with van der Waals surface area (Å²) in [5.74, 6) is 0.0295. The summed E-state index contributed by atoms with van der Waals surface area (Å²) in [6, 6.07) is 12.5. The Balaban J connectivity index is 1.64. The number of nitrogens with one attached hydrogen (secondary N) is 2. The van der Waals surface area contributed by atoms with E-state index in [-0.39, 0.29) is 17.5 Å². The Bertz CT molecular complexity index is 1040. The van der Waals surface area contributed by atoms with E-state index in [4.69, 9.17) is 16.3 Å². The van der Waals surface area contributed by atoms with Gasteiger partial charge in [-0.1, -0.05) is 23.7 Å². The lowest BCUT2D eigenvalue weighted by Gasteiger charge is -2.09. The van der Waals surface area contributed by atoms with E-state index in [0.717, 1.165) is 16.9 Å². The van der Waals surface area contributed by atoms with Crippen molar-refractivity contribution in [3.63, 3.8) is 0 Å². The van der Waals surface area contributed by atoms with Crippen molar-refractivity contribution in [3.05, 3.63) is 76.1 Å². The zero-order chi connectivity index (χ0) is 21.0. The summed E-state index contributed by atoms with van der Waals surface area (Å²) in [6.07, 6.45) is 1.58. The molecule has 2 N–H and O–H groups in total. The van der Waals surface area contributed by atoms with Crippen LogP contribution >= 0.6 is 11.6 Å². The van der Waals surface area contributed by atoms with Crippen molar-refractivity contribution in [1.29, 1.82) is 0 Å². The van der Waals surface area contributed by atoms with E-state index in [0.29, 0.717) is 22.9 Å². The number of ether oxygens (including phenoxy) is 1. The van der Waals surface area contributed by atoms with Gasteiger partial charge >= 0.3 is 0 Å². The van der Waals surface area contributed by atoms with Crippen molar-refractivity contribution in [2.75, 3.05) is 12.4 Å². The topological polar surface area (TPSA) is 85.3 Å². The van der Waals surface area contributed by atoms with Gasteiger partial charge in [-0.25, -0.2) is 0 Å². The van der Waals surface area contributed by atoms with Gasteiger partial charge in [0.25, 0.3) is 11.8 Å². The Labute approximate surface area is 173 Å². The van der Waals surface area contributed by atoms with Crippen LogP contribution in [0.4, 0.5) is 5.69 Å². The first-order valence-corrected chi connectivity index (χ1v) is 9.30. The molecule has 1 heterocycles. The van der Waals surface area contributed by atoms with Crippen molar-refractivity contribution in [2.24, 2.45) is 7.05 Å². The monoisotopic (exact) mass is 412 g/mol. The maximum Gasteiger partial charge on any atom is 0.273 e. The molecule has 0 saturated heterocycles. The van der Waals surface area contributed by atoms with Crippen LogP contribution in [-0.2, 0) is 13.7 Å². The highest BCUT2D eigenvalue weighted by Crippen LogP contribution is 2.22. The summed E-state index contributed by atoms with van der Waals surface area (Å²) < 4.78 is 7.24. The molecule has 2 amide bonds. The van der Waals surface area contributed by atoms with E-state index in [2.05, 4.69) is 15.7 Å². The number of carbonyl (C=O) groups excluding carboxylic acids is 2. The Morgan fingerprint density at radius 2 is 1.86 bits per heavy atom. The average molecular weight is 413 g/mol. The molecule has 0 aliphatic carbocycles. The number of aromatic nitrogens is 2.